The first-order chi connectivity index (χ1) is 14.6. The summed E-state index contributed by atoms with van der Waals surface area (Å²) in [6.45, 7) is 3.93. The fraction of sp³-hybridized carbons (Fsp3) is 0.174. The van der Waals surface area contributed by atoms with Gasteiger partial charge in [0, 0.05) is 10.6 Å². The van der Waals surface area contributed by atoms with Crippen LogP contribution in [0.2, 0.25) is 10.0 Å². The van der Waals surface area contributed by atoms with E-state index in [2.05, 4.69) is 5.32 Å². The van der Waals surface area contributed by atoms with Gasteiger partial charge in [-0.1, -0.05) is 53.5 Å². The molecule has 8 heteroatoms. The van der Waals surface area contributed by atoms with E-state index in [0.29, 0.717) is 27.0 Å². The summed E-state index contributed by atoms with van der Waals surface area (Å²) < 4.78 is 26.4. The maximum Gasteiger partial charge on any atom is 0.255 e. The lowest BCUT2D eigenvalue weighted by molar-refractivity contribution is 0.102. The zero-order chi connectivity index (χ0) is 22.8. The third-order valence-electron chi connectivity index (χ3n) is 4.81. The molecule has 0 saturated carbocycles. The Bertz CT molecular complexity index is 1210. The summed E-state index contributed by atoms with van der Waals surface area (Å²) in [6, 6.07) is 17.2. The van der Waals surface area contributed by atoms with Crippen LogP contribution in [0.5, 0.6) is 0 Å². The number of para-hydroxylation sites is 1. The summed E-state index contributed by atoms with van der Waals surface area (Å²) in [5, 5.41) is 3.57. The Morgan fingerprint density at radius 1 is 0.968 bits per heavy atom. The predicted octanol–water partition coefficient (Wildman–Crippen LogP) is 5.83. The van der Waals surface area contributed by atoms with Gasteiger partial charge in [-0.2, -0.15) is 0 Å². The minimum Gasteiger partial charge on any atom is -0.321 e. The molecule has 1 amide bonds. The summed E-state index contributed by atoms with van der Waals surface area (Å²) in [7, 11) is -3.51. The first-order valence-corrected chi connectivity index (χ1v) is 12.1. The van der Waals surface area contributed by atoms with Gasteiger partial charge in [-0.05, 0) is 60.9 Å². The van der Waals surface area contributed by atoms with Gasteiger partial charge in [0.25, 0.3) is 5.91 Å². The summed E-state index contributed by atoms with van der Waals surface area (Å²) in [5.74, 6) is -0.342. The summed E-state index contributed by atoms with van der Waals surface area (Å²) in [4.78, 5) is 12.6. The lowest BCUT2D eigenvalue weighted by Crippen LogP contribution is -2.30. The molecule has 0 atom stereocenters. The van der Waals surface area contributed by atoms with Crippen molar-refractivity contribution in [1.82, 2.24) is 0 Å². The maximum absolute atomic E-state index is 12.6. The number of anilines is 2. The number of amides is 1. The molecule has 0 heterocycles. The molecular formula is C23H22Cl2N2O3S. The average Bonchev–Trinajstić information content (AvgIpc) is 2.69. The van der Waals surface area contributed by atoms with Crippen LogP contribution in [0.15, 0.2) is 60.7 Å². The molecule has 1 N–H and O–H groups in total. The average molecular weight is 477 g/mol. The molecule has 0 bridgehead atoms. The molecule has 0 aliphatic carbocycles. The fourth-order valence-electron chi connectivity index (χ4n) is 3.28. The van der Waals surface area contributed by atoms with Crippen LogP contribution in [-0.4, -0.2) is 20.6 Å². The van der Waals surface area contributed by atoms with Crippen LogP contribution >= 0.6 is 23.2 Å². The van der Waals surface area contributed by atoms with E-state index in [1.165, 1.54) is 10.6 Å². The minimum atomic E-state index is -3.51. The molecule has 0 unspecified atom stereocenters. The standard InChI is InChI=1S/C23H22Cl2N2O3S/c1-15-5-4-6-16(2)22(15)27(31(3,29)30)14-17-7-9-18(10-8-17)23(28)26-21-13-19(24)11-12-20(21)25/h4-13H,14H2,1-3H3,(H,26,28). The molecule has 0 spiro atoms. The zero-order valence-corrected chi connectivity index (χ0v) is 19.6. The summed E-state index contributed by atoms with van der Waals surface area (Å²) >= 11 is 12.1. The number of nitrogens with one attached hydrogen (secondary N) is 1. The molecule has 3 rings (SSSR count). The Morgan fingerprint density at radius 3 is 2.16 bits per heavy atom. The Kier molecular flexibility index (Phi) is 6.94. The molecule has 0 fully saturated rings. The Hall–Kier alpha value is -2.54. The van der Waals surface area contributed by atoms with Gasteiger partial charge in [-0.25, -0.2) is 8.42 Å². The molecule has 3 aromatic rings. The van der Waals surface area contributed by atoms with E-state index in [1.807, 2.05) is 32.0 Å². The second-order valence-corrected chi connectivity index (χ2v) is 10.0. The van der Waals surface area contributed by atoms with E-state index in [4.69, 9.17) is 23.2 Å². The molecule has 0 aromatic heterocycles. The first-order valence-electron chi connectivity index (χ1n) is 9.45. The number of hydrogen-bond acceptors (Lipinski definition) is 3. The van der Waals surface area contributed by atoms with Crippen LogP contribution in [0.3, 0.4) is 0 Å². The van der Waals surface area contributed by atoms with Gasteiger partial charge >= 0.3 is 0 Å². The van der Waals surface area contributed by atoms with Crippen molar-refractivity contribution >= 4 is 50.5 Å². The van der Waals surface area contributed by atoms with Gasteiger partial charge in [-0.15, -0.1) is 0 Å². The molecule has 31 heavy (non-hydrogen) atoms. The van der Waals surface area contributed by atoms with Crippen LogP contribution in [0, 0.1) is 13.8 Å². The second-order valence-electron chi connectivity index (χ2n) is 7.29. The molecule has 0 aliphatic rings. The third-order valence-corrected chi connectivity index (χ3v) is 6.49. The van der Waals surface area contributed by atoms with Crippen molar-refractivity contribution in [3.63, 3.8) is 0 Å². The van der Waals surface area contributed by atoms with Crippen LogP contribution in [-0.2, 0) is 16.6 Å². The maximum atomic E-state index is 12.6. The summed E-state index contributed by atoms with van der Waals surface area (Å²) in [5.41, 5.74) is 4.01. The molecule has 0 radical (unpaired) electrons. The highest BCUT2D eigenvalue weighted by molar-refractivity contribution is 7.92. The smallest absolute Gasteiger partial charge is 0.255 e. The highest BCUT2D eigenvalue weighted by atomic mass is 35.5. The van der Waals surface area contributed by atoms with E-state index in [-0.39, 0.29) is 12.5 Å². The van der Waals surface area contributed by atoms with E-state index in [1.54, 1.807) is 42.5 Å². The third kappa shape index (κ3) is 5.58. The molecular weight excluding hydrogens is 455 g/mol. The van der Waals surface area contributed by atoms with Crippen molar-refractivity contribution < 1.29 is 13.2 Å². The molecule has 0 aliphatic heterocycles. The van der Waals surface area contributed by atoms with Gasteiger partial charge in [0.1, 0.15) is 0 Å². The number of halogens is 2. The van der Waals surface area contributed by atoms with Crippen molar-refractivity contribution in [2.45, 2.75) is 20.4 Å². The predicted molar refractivity (Wildman–Crippen MR) is 128 cm³/mol. The monoisotopic (exact) mass is 476 g/mol. The lowest BCUT2D eigenvalue weighted by Gasteiger charge is -2.26. The van der Waals surface area contributed by atoms with Gasteiger partial charge in [0.15, 0.2) is 0 Å². The summed E-state index contributed by atoms with van der Waals surface area (Å²) in [6.07, 6.45) is 1.19. The van der Waals surface area contributed by atoms with Crippen molar-refractivity contribution in [2.24, 2.45) is 0 Å². The highest BCUT2D eigenvalue weighted by Gasteiger charge is 2.21. The van der Waals surface area contributed by atoms with Crippen molar-refractivity contribution in [1.29, 1.82) is 0 Å². The van der Waals surface area contributed by atoms with E-state index < -0.39 is 10.0 Å². The molecule has 162 valence electrons. The van der Waals surface area contributed by atoms with Gasteiger partial charge in [0.05, 0.1) is 29.2 Å². The van der Waals surface area contributed by atoms with Crippen molar-refractivity contribution in [3.05, 3.63) is 93.0 Å². The fourth-order valence-corrected chi connectivity index (χ4v) is 4.62. The SMILES string of the molecule is Cc1cccc(C)c1N(Cc1ccc(C(=O)Nc2cc(Cl)ccc2Cl)cc1)S(C)(=O)=O. The normalized spacial score (nSPS) is 11.3. The molecule has 3 aromatic carbocycles. The first kappa shape index (κ1) is 23.1. The van der Waals surface area contributed by atoms with Gasteiger partial charge < -0.3 is 5.32 Å². The number of nitrogens with zero attached hydrogens (tertiary/aromatic N) is 1. The van der Waals surface area contributed by atoms with Crippen molar-refractivity contribution in [3.8, 4) is 0 Å². The van der Waals surface area contributed by atoms with E-state index in [9.17, 15) is 13.2 Å². The topological polar surface area (TPSA) is 66.5 Å². The second kappa shape index (κ2) is 9.30. The van der Waals surface area contributed by atoms with Crippen LogP contribution in [0.25, 0.3) is 0 Å². The number of sulfonamides is 1. The van der Waals surface area contributed by atoms with Crippen LogP contribution < -0.4 is 9.62 Å². The number of carbonyl (C=O) groups is 1. The van der Waals surface area contributed by atoms with E-state index in [0.717, 1.165) is 16.7 Å². The number of aryl methyl sites for hydroxylation is 2. The number of rotatable bonds is 6. The Labute approximate surface area is 192 Å². The van der Waals surface area contributed by atoms with Crippen LogP contribution in [0.4, 0.5) is 11.4 Å². The molecule has 0 saturated heterocycles. The Balaban J connectivity index is 1.83. The largest absolute Gasteiger partial charge is 0.321 e. The minimum absolute atomic E-state index is 0.159. The Morgan fingerprint density at radius 2 is 1.58 bits per heavy atom. The lowest BCUT2D eigenvalue weighted by atomic mass is 10.1. The highest BCUT2D eigenvalue weighted by Crippen LogP contribution is 2.29. The van der Waals surface area contributed by atoms with Gasteiger partial charge in [0.2, 0.25) is 10.0 Å². The van der Waals surface area contributed by atoms with Gasteiger partial charge in [-0.3, -0.25) is 9.10 Å². The van der Waals surface area contributed by atoms with Crippen LogP contribution in [0.1, 0.15) is 27.0 Å². The number of hydrogen-bond donors (Lipinski definition) is 1. The quantitative estimate of drug-likeness (QED) is 0.486. The van der Waals surface area contributed by atoms with E-state index >= 15 is 0 Å². The number of benzene rings is 3. The molecule has 5 nitrogen and oxygen atoms in total. The number of carbonyl (C=O) groups excluding carboxylic acids is 1. The van der Waals surface area contributed by atoms with Crippen molar-refractivity contribution in [2.75, 3.05) is 15.9 Å². The zero-order valence-electron chi connectivity index (χ0n) is 17.3.